The van der Waals surface area contributed by atoms with Crippen LogP contribution in [-0.4, -0.2) is 4.98 Å². The average molecular weight is 258 g/mol. The van der Waals surface area contributed by atoms with Gasteiger partial charge in [0.15, 0.2) is 11.5 Å². The first-order valence-electron chi connectivity index (χ1n) is 5.86. The molecule has 0 unspecified atom stereocenters. The zero-order valence-corrected chi connectivity index (χ0v) is 11.2. The molecular weight excluding hydrogens is 244 g/mol. The molecule has 4 heteroatoms. The molecule has 0 radical (unpaired) electrons. The first-order chi connectivity index (χ1) is 8.72. The summed E-state index contributed by atoms with van der Waals surface area (Å²) in [5, 5.41) is 5.54. The van der Waals surface area contributed by atoms with Crippen molar-refractivity contribution in [3.8, 4) is 0 Å². The fraction of sp³-hybridized carbons (Fsp3) is 0.214. The number of rotatable bonds is 3. The van der Waals surface area contributed by atoms with E-state index in [0.717, 1.165) is 23.3 Å². The number of fused-ring (bicyclic) bond motifs is 1. The highest BCUT2D eigenvalue weighted by Gasteiger charge is 2.04. The van der Waals surface area contributed by atoms with Crippen LogP contribution in [0.1, 0.15) is 16.3 Å². The number of hydrogen-bond donors (Lipinski definition) is 1. The Balaban J connectivity index is 1.80. The van der Waals surface area contributed by atoms with Gasteiger partial charge in [-0.15, -0.1) is 11.3 Å². The fourth-order valence-corrected chi connectivity index (χ4v) is 2.77. The van der Waals surface area contributed by atoms with Crippen molar-refractivity contribution in [3.63, 3.8) is 0 Å². The molecule has 18 heavy (non-hydrogen) atoms. The molecule has 2 aromatic heterocycles. The van der Waals surface area contributed by atoms with Gasteiger partial charge >= 0.3 is 0 Å². The Morgan fingerprint density at radius 3 is 2.94 bits per heavy atom. The summed E-state index contributed by atoms with van der Waals surface area (Å²) in [5.41, 5.74) is 4.15. The molecule has 0 saturated carbocycles. The van der Waals surface area contributed by atoms with Crippen molar-refractivity contribution in [3.05, 3.63) is 46.0 Å². The molecular formula is C14H14N2OS. The quantitative estimate of drug-likeness (QED) is 0.768. The third kappa shape index (κ3) is 2.11. The second-order valence-corrected chi connectivity index (χ2v) is 5.30. The van der Waals surface area contributed by atoms with Gasteiger partial charge in [-0.2, -0.15) is 0 Å². The van der Waals surface area contributed by atoms with Crippen LogP contribution in [0, 0.1) is 13.8 Å². The monoisotopic (exact) mass is 258 g/mol. The number of thiophene rings is 1. The van der Waals surface area contributed by atoms with E-state index >= 15 is 0 Å². The van der Waals surface area contributed by atoms with Gasteiger partial charge in [0.2, 0.25) is 0 Å². The van der Waals surface area contributed by atoms with E-state index < -0.39 is 0 Å². The van der Waals surface area contributed by atoms with Crippen molar-refractivity contribution in [2.45, 2.75) is 20.4 Å². The minimum Gasteiger partial charge on any atom is -0.441 e. The van der Waals surface area contributed by atoms with Gasteiger partial charge in [-0.3, -0.25) is 0 Å². The fourth-order valence-electron chi connectivity index (χ4n) is 1.92. The lowest BCUT2D eigenvalue weighted by Crippen LogP contribution is -1.98. The van der Waals surface area contributed by atoms with Gasteiger partial charge in [-0.25, -0.2) is 4.98 Å². The number of benzene rings is 1. The normalized spacial score (nSPS) is 11.0. The van der Waals surface area contributed by atoms with Gasteiger partial charge in [-0.1, -0.05) is 0 Å². The highest BCUT2D eigenvalue weighted by atomic mass is 32.1. The van der Waals surface area contributed by atoms with Crippen LogP contribution in [0.15, 0.2) is 34.1 Å². The third-order valence-electron chi connectivity index (χ3n) is 2.92. The zero-order valence-electron chi connectivity index (χ0n) is 10.4. The number of oxazole rings is 1. The smallest absolute Gasteiger partial charge is 0.192 e. The maximum absolute atomic E-state index is 5.46. The molecule has 3 aromatic rings. The van der Waals surface area contributed by atoms with Crippen LogP contribution < -0.4 is 5.32 Å². The van der Waals surface area contributed by atoms with E-state index in [1.165, 1.54) is 10.4 Å². The molecule has 3 nitrogen and oxygen atoms in total. The van der Waals surface area contributed by atoms with E-state index in [1.54, 1.807) is 11.3 Å². The molecule has 0 spiro atoms. The lowest BCUT2D eigenvalue weighted by Gasteiger charge is -2.05. The van der Waals surface area contributed by atoms with Gasteiger partial charge in [0.25, 0.3) is 0 Å². The lowest BCUT2D eigenvalue weighted by molar-refractivity contribution is 0.561. The topological polar surface area (TPSA) is 38.1 Å². The van der Waals surface area contributed by atoms with E-state index in [2.05, 4.69) is 28.7 Å². The third-order valence-corrected chi connectivity index (χ3v) is 3.94. The van der Waals surface area contributed by atoms with Crippen molar-refractivity contribution in [1.29, 1.82) is 0 Å². The number of aryl methyl sites for hydroxylation is 2. The molecule has 2 heterocycles. The number of aromatic nitrogens is 1. The number of nitrogens with one attached hydrogen (secondary N) is 1. The summed E-state index contributed by atoms with van der Waals surface area (Å²) in [7, 11) is 0. The second kappa shape index (κ2) is 4.46. The summed E-state index contributed by atoms with van der Waals surface area (Å²) in [6, 6.07) is 8.15. The minimum absolute atomic E-state index is 0.705. The number of anilines is 1. The van der Waals surface area contributed by atoms with Gasteiger partial charge in [0.05, 0.1) is 0 Å². The molecule has 1 aromatic carbocycles. The summed E-state index contributed by atoms with van der Waals surface area (Å²) >= 11 is 1.78. The molecule has 92 valence electrons. The average Bonchev–Trinajstić information content (AvgIpc) is 2.90. The predicted octanol–water partition coefficient (Wildman–Crippen LogP) is 4.12. The number of nitrogens with zero attached hydrogens (tertiary/aromatic N) is 1. The van der Waals surface area contributed by atoms with Gasteiger partial charge < -0.3 is 9.73 Å². The highest BCUT2D eigenvalue weighted by Crippen LogP contribution is 2.21. The lowest BCUT2D eigenvalue weighted by atomic mass is 10.2. The molecule has 0 bridgehead atoms. The van der Waals surface area contributed by atoms with Crippen LogP contribution in [0.3, 0.4) is 0 Å². The molecule has 0 aliphatic rings. The number of hydrogen-bond acceptors (Lipinski definition) is 4. The van der Waals surface area contributed by atoms with Crippen LogP contribution in [0.5, 0.6) is 0 Å². The van der Waals surface area contributed by atoms with Crippen LogP contribution in [0.2, 0.25) is 0 Å². The summed E-state index contributed by atoms with van der Waals surface area (Å²) in [4.78, 5) is 5.70. The molecule has 3 rings (SSSR count). The van der Waals surface area contributed by atoms with Crippen LogP contribution >= 0.6 is 11.3 Å². The van der Waals surface area contributed by atoms with Crippen LogP contribution in [0.4, 0.5) is 5.69 Å². The predicted molar refractivity (Wildman–Crippen MR) is 75.1 cm³/mol. The molecule has 0 atom stereocenters. The Kier molecular flexibility index (Phi) is 2.80. The Hall–Kier alpha value is -1.81. The molecule has 0 aliphatic carbocycles. The summed E-state index contributed by atoms with van der Waals surface area (Å²) < 4.78 is 5.46. The van der Waals surface area contributed by atoms with Gasteiger partial charge in [0.1, 0.15) is 5.52 Å². The Morgan fingerprint density at radius 1 is 1.28 bits per heavy atom. The molecule has 0 fully saturated rings. The summed E-state index contributed by atoms with van der Waals surface area (Å²) in [6.45, 7) is 4.85. The van der Waals surface area contributed by atoms with E-state index in [9.17, 15) is 0 Å². The second-order valence-electron chi connectivity index (χ2n) is 4.30. The van der Waals surface area contributed by atoms with Crippen LogP contribution in [0.25, 0.3) is 11.1 Å². The van der Waals surface area contributed by atoms with Crippen LogP contribution in [-0.2, 0) is 6.54 Å². The van der Waals surface area contributed by atoms with Crippen molar-refractivity contribution in [2.24, 2.45) is 0 Å². The molecule has 0 saturated heterocycles. The minimum atomic E-state index is 0.705. The Morgan fingerprint density at radius 2 is 2.17 bits per heavy atom. The van der Waals surface area contributed by atoms with E-state index in [0.29, 0.717) is 5.89 Å². The van der Waals surface area contributed by atoms with Crippen molar-refractivity contribution >= 4 is 28.1 Å². The molecule has 1 N–H and O–H groups in total. The maximum atomic E-state index is 5.46. The van der Waals surface area contributed by atoms with Gasteiger partial charge in [-0.05, 0) is 42.1 Å². The Bertz CT molecular complexity index is 684. The standard InChI is InChI=1S/C14H14N2OS/c1-9-5-6-18-14(9)8-15-11-3-4-13-12(7-11)16-10(2)17-13/h3-7,15H,8H2,1-2H3. The molecule has 0 amide bonds. The van der Waals surface area contributed by atoms with Gasteiger partial charge in [0, 0.05) is 24.0 Å². The van der Waals surface area contributed by atoms with E-state index in [4.69, 9.17) is 4.42 Å². The van der Waals surface area contributed by atoms with Crippen molar-refractivity contribution in [1.82, 2.24) is 4.98 Å². The highest BCUT2D eigenvalue weighted by molar-refractivity contribution is 7.10. The Labute approximate surface area is 109 Å². The largest absolute Gasteiger partial charge is 0.441 e. The van der Waals surface area contributed by atoms with Crippen molar-refractivity contribution < 1.29 is 4.42 Å². The first kappa shape index (κ1) is 11.3. The van der Waals surface area contributed by atoms with E-state index in [1.807, 2.05) is 25.1 Å². The maximum Gasteiger partial charge on any atom is 0.192 e. The zero-order chi connectivity index (χ0) is 12.5. The molecule has 0 aliphatic heterocycles. The van der Waals surface area contributed by atoms with E-state index in [-0.39, 0.29) is 0 Å². The van der Waals surface area contributed by atoms with Crippen molar-refractivity contribution in [2.75, 3.05) is 5.32 Å². The SMILES string of the molecule is Cc1nc2cc(NCc3sccc3C)ccc2o1. The summed E-state index contributed by atoms with van der Waals surface area (Å²) in [5.74, 6) is 0.705. The first-order valence-corrected chi connectivity index (χ1v) is 6.74. The summed E-state index contributed by atoms with van der Waals surface area (Å²) in [6.07, 6.45) is 0.